The first-order valence-electron chi connectivity index (χ1n) is 7.28. The summed E-state index contributed by atoms with van der Waals surface area (Å²) in [6.07, 6.45) is 0. The third-order valence-electron chi connectivity index (χ3n) is 3.73. The van der Waals surface area contributed by atoms with Crippen LogP contribution in [0.3, 0.4) is 0 Å². The predicted octanol–water partition coefficient (Wildman–Crippen LogP) is 0.891. The molecule has 0 aliphatic carbocycles. The van der Waals surface area contributed by atoms with Crippen molar-refractivity contribution in [1.82, 2.24) is 9.80 Å². The molecule has 0 bridgehead atoms. The highest BCUT2D eigenvalue weighted by Crippen LogP contribution is 2.32. The number of halogens is 3. The number of pyridine rings is 1. The lowest BCUT2D eigenvalue weighted by Crippen LogP contribution is -2.51. The van der Waals surface area contributed by atoms with E-state index in [1.54, 1.807) is 4.90 Å². The zero-order valence-corrected chi connectivity index (χ0v) is 15.5. The average Bonchev–Trinajstić information content (AvgIpc) is 2.60. The van der Waals surface area contributed by atoms with Crippen molar-refractivity contribution in [3.05, 3.63) is 20.9 Å². The van der Waals surface area contributed by atoms with Crippen LogP contribution in [0.1, 0.15) is 17.4 Å². The van der Waals surface area contributed by atoms with E-state index in [4.69, 9.17) is 45.3 Å². The van der Waals surface area contributed by atoms with Crippen LogP contribution >= 0.6 is 34.8 Å². The van der Waals surface area contributed by atoms with E-state index in [1.807, 2.05) is 0 Å². The first-order valence-corrected chi connectivity index (χ1v) is 8.41. The number of anilines is 1. The number of rotatable bonds is 3. The second-order valence-electron chi connectivity index (χ2n) is 5.32. The van der Waals surface area contributed by atoms with Gasteiger partial charge in [-0.05, 0) is 11.6 Å². The van der Waals surface area contributed by atoms with Gasteiger partial charge in [0.2, 0.25) is 5.91 Å². The van der Waals surface area contributed by atoms with Crippen molar-refractivity contribution in [2.24, 2.45) is 0 Å². The highest BCUT2D eigenvalue weighted by Gasteiger charge is 2.29. The van der Waals surface area contributed by atoms with Gasteiger partial charge >= 0.3 is 11.7 Å². The summed E-state index contributed by atoms with van der Waals surface area (Å²) in [7, 11) is 0. The fourth-order valence-electron chi connectivity index (χ4n) is 2.27. The van der Waals surface area contributed by atoms with Crippen LogP contribution in [-0.2, 0) is 14.3 Å². The van der Waals surface area contributed by atoms with E-state index in [0.717, 1.165) is 0 Å². The number of H-pyrrole nitrogens is 1. The second kappa shape index (κ2) is 8.07. The third kappa shape index (κ3) is 4.45. The Kier molecular flexibility index (Phi) is 6.31. The van der Waals surface area contributed by atoms with Crippen molar-refractivity contribution in [3.63, 3.8) is 0 Å². The first kappa shape index (κ1) is 19.6. The molecule has 1 saturated heterocycles. The number of nitrogens with two attached hydrogens (primary N) is 1. The number of nitrogen functional groups attached to an aromatic ring is 1. The number of hydrogen-bond donors (Lipinski definition) is 1. The fraction of sp³-hybridized carbons (Fsp3) is 0.429. The summed E-state index contributed by atoms with van der Waals surface area (Å²) in [6, 6.07) is 0. The van der Waals surface area contributed by atoms with Crippen molar-refractivity contribution >= 4 is 58.3 Å². The molecule has 0 unspecified atom stereocenters. The van der Waals surface area contributed by atoms with Gasteiger partial charge in [-0.3, -0.25) is 9.59 Å². The number of nitrogens with one attached hydrogen (secondary N) is 1. The number of amides is 2. The monoisotopic (exact) mass is 409 g/mol. The normalized spacial score (nSPS) is 14.4. The number of nitrogens with zero attached hydrogens (tertiary/aromatic N) is 2. The molecule has 0 spiro atoms. The van der Waals surface area contributed by atoms with E-state index in [-0.39, 0.29) is 38.4 Å². The van der Waals surface area contributed by atoms with Gasteiger partial charge in [0.1, 0.15) is 10.0 Å². The van der Waals surface area contributed by atoms with Crippen molar-refractivity contribution < 1.29 is 24.1 Å². The molecule has 1 aromatic heterocycles. The summed E-state index contributed by atoms with van der Waals surface area (Å²) in [4.78, 5) is 41.1. The highest BCUT2D eigenvalue weighted by atomic mass is 35.5. The van der Waals surface area contributed by atoms with Crippen LogP contribution < -0.4 is 10.7 Å². The topological polar surface area (TPSA) is 107 Å². The Morgan fingerprint density at radius 3 is 2.20 bits per heavy atom. The lowest BCUT2D eigenvalue weighted by molar-refractivity contribution is -0.380. The maximum atomic E-state index is 12.1. The van der Waals surface area contributed by atoms with Crippen LogP contribution in [0.25, 0.3) is 0 Å². The van der Waals surface area contributed by atoms with E-state index in [0.29, 0.717) is 26.2 Å². The molecule has 2 rings (SSSR count). The summed E-state index contributed by atoms with van der Waals surface area (Å²) in [6.45, 7) is 2.65. The average molecular weight is 411 g/mol. The van der Waals surface area contributed by atoms with E-state index < -0.39 is 12.6 Å². The predicted molar refractivity (Wildman–Crippen MR) is 91.6 cm³/mol. The summed E-state index contributed by atoms with van der Waals surface area (Å²) < 4.78 is 4.96. The molecule has 1 fully saturated rings. The SMILES string of the molecule is CC(=O)N1CCN(C(=O)COC(=O)c2[nH+]c(Cl)c(Cl)c(N)c2Cl)CC1. The minimum atomic E-state index is -0.883. The van der Waals surface area contributed by atoms with Gasteiger partial charge in [-0.2, -0.15) is 4.98 Å². The molecule has 1 aliphatic rings. The minimum Gasteiger partial charge on any atom is -0.448 e. The molecule has 2 heterocycles. The Morgan fingerprint density at radius 1 is 1.08 bits per heavy atom. The smallest absolute Gasteiger partial charge is 0.405 e. The van der Waals surface area contributed by atoms with E-state index in [2.05, 4.69) is 4.98 Å². The number of carbonyl (C=O) groups excluding carboxylic acids is 3. The molecule has 25 heavy (non-hydrogen) atoms. The van der Waals surface area contributed by atoms with Gasteiger partial charge in [0, 0.05) is 33.1 Å². The largest absolute Gasteiger partial charge is 0.448 e. The molecule has 0 radical (unpaired) electrons. The fourth-order valence-corrected chi connectivity index (χ4v) is 2.88. The number of hydrogen-bond acceptors (Lipinski definition) is 5. The number of esters is 1. The maximum Gasteiger partial charge on any atom is 0.405 e. The minimum absolute atomic E-state index is 0.0114. The molecular weight excluding hydrogens is 395 g/mol. The van der Waals surface area contributed by atoms with E-state index in [9.17, 15) is 14.4 Å². The van der Waals surface area contributed by atoms with Gasteiger partial charge in [-0.15, -0.1) is 0 Å². The molecule has 0 saturated carbocycles. The lowest BCUT2D eigenvalue weighted by atomic mass is 10.3. The lowest BCUT2D eigenvalue weighted by Gasteiger charge is -2.34. The highest BCUT2D eigenvalue weighted by molar-refractivity contribution is 6.45. The van der Waals surface area contributed by atoms with E-state index in [1.165, 1.54) is 11.8 Å². The van der Waals surface area contributed by atoms with Gasteiger partial charge < -0.3 is 20.3 Å². The summed E-state index contributed by atoms with van der Waals surface area (Å²) in [5.41, 5.74) is 5.39. The Bertz CT molecular complexity index is 721. The number of ether oxygens (including phenoxy) is 1. The van der Waals surface area contributed by atoms with Crippen LogP contribution in [0.2, 0.25) is 15.2 Å². The Labute approximate surface area is 158 Å². The summed E-state index contributed by atoms with van der Waals surface area (Å²) in [5, 5.41) is -0.216. The van der Waals surface area contributed by atoms with Crippen molar-refractivity contribution in [2.75, 3.05) is 38.5 Å². The molecular formula is C14H16Cl3N4O4+. The van der Waals surface area contributed by atoms with E-state index >= 15 is 0 Å². The molecule has 136 valence electrons. The van der Waals surface area contributed by atoms with Crippen LogP contribution in [0.5, 0.6) is 0 Å². The summed E-state index contributed by atoms with van der Waals surface area (Å²) >= 11 is 17.6. The quantitative estimate of drug-likeness (QED) is 0.588. The Balaban J connectivity index is 1.95. The van der Waals surface area contributed by atoms with Crippen LogP contribution in [0.4, 0.5) is 5.69 Å². The second-order valence-corrected chi connectivity index (χ2v) is 6.45. The standard InChI is InChI=1S/C14H15Cl3N4O4/c1-7(22)20-2-4-21(5-3-20)8(23)6-25-14(24)12-9(15)11(18)10(16)13(17)19-12/h2-6H2,1H3,(H2,18,19)/p+1. The molecule has 0 aromatic carbocycles. The molecule has 2 amide bonds. The molecule has 8 nitrogen and oxygen atoms in total. The van der Waals surface area contributed by atoms with Crippen LogP contribution in [0.15, 0.2) is 0 Å². The zero-order valence-electron chi connectivity index (χ0n) is 13.3. The molecule has 0 atom stereocenters. The zero-order chi connectivity index (χ0) is 18.7. The number of aromatic amines is 1. The number of piperazine rings is 1. The van der Waals surface area contributed by atoms with Crippen molar-refractivity contribution in [2.45, 2.75) is 6.92 Å². The Hall–Kier alpha value is -1.77. The molecule has 1 aliphatic heterocycles. The van der Waals surface area contributed by atoms with Gasteiger partial charge in [0.25, 0.3) is 11.1 Å². The van der Waals surface area contributed by atoms with Gasteiger partial charge in [0.15, 0.2) is 6.61 Å². The molecule has 3 N–H and O–H groups in total. The number of aromatic nitrogens is 1. The Morgan fingerprint density at radius 2 is 1.64 bits per heavy atom. The number of carbonyl (C=O) groups is 3. The first-order chi connectivity index (χ1) is 11.7. The van der Waals surface area contributed by atoms with Crippen molar-refractivity contribution in [3.8, 4) is 0 Å². The van der Waals surface area contributed by atoms with Crippen molar-refractivity contribution in [1.29, 1.82) is 0 Å². The molecule has 1 aromatic rings. The van der Waals surface area contributed by atoms with Crippen LogP contribution in [0, 0.1) is 0 Å². The molecule has 11 heteroatoms. The van der Waals surface area contributed by atoms with Gasteiger partial charge in [0.05, 0.1) is 5.69 Å². The van der Waals surface area contributed by atoms with Gasteiger partial charge in [-0.1, -0.05) is 23.2 Å². The maximum absolute atomic E-state index is 12.1. The van der Waals surface area contributed by atoms with Crippen LogP contribution in [-0.4, -0.2) is 60.4 Å². The summed E-state index contributed by atoms with van der Waals surface area (Å²) in [5.74, 6) is -1.30. The third-order valence-corrected chi connectivity index (χ3v) is 4.89. The van der Waals surface area contributed by atoms with Gasteiger partial charge in [-0.25, -0.2) is 4.79 Å².